The van der Waals surface area contributed by atoms with Gasteiger partial charge in [0.25, 0.3) is 0 Å². The quantitative estimate of drug-likeness (QED) is 0.725. The minimum Gasteiger partial charge on any atom is -0.314 e. The molecule has 1 nitrogen and oxygen atoms in total. The predicted molar refractivity (Wildman–Crippen MR) is 70.4 cm³/mol. The minimum atomic E-state index is -2.43. The predicted octanol–water partition coefficient (Wildman–Crippen LogP) is 2.94. The molecule has 0 unspecified atom stereocenters. The van der Waals surface area contributed by atoms with E-state index < -0.39 is 7.14 Å². The first kappa shape index (κ1) is 11.2. The highest BCUT2D eigenvalue weighted by atomic mass is 31.2. The molecule has 0 saturated heterocycles. The molecule has 0 bridgehead atoms. The Balaban J connectivity index is 2.56. The molecule has 0 aliphatic rings. The van der Waals surface area contributed by atoms with Crippen molar-refractivity contribution in [3.05, 3.63) is 60.2 Å². The third-order valence-electron chi connectivity index (χ3n) is 2.82. The third kappa shape index (κ3) is 1.96. The monoisotopic (exact) mass is 230 g/mol. The standard InChI is InChI=1S/C14H15OP/c1-12-8-6-7-11-14(12)16(2,15)13-9-4-3-5-10-13/h3-11H,1-2H3/t16-/m0/s1. The van der Waals surface area contributed by atoms with Gasteiger partial charge in [-0.15, -0.1) is 0 Å². The van der Waals surface area contributed by atoms with E-state index in [1.54, 1.807) is 0 Å². The molecule has 0 N–H and O–H groups in total. The molecule has 2 heteroatoms. The van der Waals surface area contributed by atoms with Gasteiger partial charge in [-0.1, -0.05) is 54.6 Å². The van der Waals surface area contributed by atoms with Gasteiger partial charge in [0.15, 0.2) is 0 Å². The summed E-state index contributed by atoms with van der Waals surface area (Å²) in [6, 6.07) is 17.6. The van der Waals surface area contributed by atoms with E-state index >= 15 is 0 Å². The fourth-order valence-electron chi connectivity index (χ4n) is 1.89. The van der Waals surface area contributed by atoms with Crippen LogP contribution in [-0.4, -0.2) is 6.66 Å². The lowest BCUT2D eigenvalue weighted by atomic mass is 10.2. The van der Waals surface area contributed by atoms with Gasteiger partial charge < -0.3 is 4.57 Å². The third-order valence-corrected chi connectivity index (χ3v) is 5.53. The summed E-state index contributed by atoms with van der Waals surface area (Å²) in [6.07, 6.45) is 0. The molecule has 0 aliphatic carbocycles. The molecule has 2 aromatic carbocycles. The molecule has 0 aromatic heterocycles. The van der Waals surface area contributed by atoms with Crippen molar-refractivity contribution in [3.8, 4) is 0 Å². The zero-order valence-corrected chi connectivity index (χ0v) is 10.4. The lowest BCUT2D eigenvalue weighted by molar-refractivity contribution is 0.590. The van der Waals surface area contributed by atoms with Crippen LogP contribution in [0.15, 0.2) is 54.6 Å². The van der Waals surface area contributed by atoms with Crippen molar-refractivity contribution in [1.82, 2.24) is 0 Å². The van der Waals surface area contributed by atoms with Gasteiger partial charge in [0, 0.05) is 10.6 Å². The zero-order chi connectivity index (χ0) is 11.6. The van der Waals surface area contributed by atoms with Crippen LogP contribution in [0.3, 0.4) is 0 Å². The Hall–Kier alpha value is -1.33. The molecule has 82 valence electrons. The smallest absolute Gasteiger partial charge is 0.140 e. The van der Waals surface area contributed by atoms with Crippen LogP contribution in [0.25, 0.3) is 0 Å². The van der Waals surface area contributed by atoms with E-state index in [-0.39, 0.29) is 0 Å². The van der Waals surface area contributed by atoms with Crippen molar-refractivity contribution in [2.24, 2.45) is 0 Å². The van der Waals surface area contributed by atoms with Gasteiger partial charge >= 0.3 is 0 Å². The highest BCUT2D eigenvalue weighted by Crippen LogP contribution is 2.39. The van der Waals surface area contributed by atoms with E-state index in [4.69, 9.17) is 0 Å². The largest absolute Gasteiger partial charge is 0.314 e. The summed E-state index contributed by atoms with van der Waals surface area (Å²) < 4.78 is 12.8. The molecule has 0 heterocycles. The highest BCUT2D eigenvalue weighted by Gasteiger charge is 2.21. The van der Waals surface area contributed by atoms with Crippen molar-refractivity contribution in [1.29, 1.82) is 0 Å². The average molecular weight is 230 g/mol. The second kappa shape index (κ2) is 4.27. The Bertz CT molecular complexity index is 531. The normalized spacial score (nSPS) is 14.4. The van der Waals surface area contributed by atoms with Gasteiger partial charge in [0.2, 0.25) is 0 Å². The van der Waals surface area contributed by atoms with Gasteiger partial charge in [-0.25, -0.2) is 0 Å². The molecular formula is C14H15OP. The summed E-state index contributed by atoms with van der Waals surface area (Å²) in [5, 5.41) is 1.88. The minimum absolute atomic E-state index is 0.921. The first-order chi connectivity index (χ1) is 7.62. The van der Waals surface area contributed by atoms with Crippen LogP contribution in [0.5, 0.6) is 0 Å². The molecule has 0 fully saturated rings. The number of rotatable bonds is 2. The second-order valence-corrected chi connectivity index (χ2v) is 6.89. The topological polar surface area (TPSA) is 17.1 Å². The van der Waals surface area contributed by atoms with Crippen molar-refractivity contribution in [3.63, 3.8) is 0 Å². The number of benzene rings is 2. The zero-order valence-electron chi connectivity index (χ0n) is 9.55. The fraction of sp³-hybridized carbons (Fsp3) is 0.143. The van der Waals surface area contributed by atoms with Crippen LogP contribution >= 0.6 is 7.14 Å². The van der Waals surface area contributed by atoms with Crippen molar-refractivity contribution >= 4 is 17.8 Å². The maximum Gasteiger partial charge on any atom is 0.140 e. The molecule has 0 amide bonds. The van der Waals surface area contributed by atoms with E-state index in [1.165, 1.54) is 0 Å². The lowest BCUT2D eigenvalue weighted by Gasteiger charge is -2.15. The van der Waals surface area contributed by atoms with E-state index in [0.29, 0.717) is 0 Å². The maximum atomic E-state index is 12.8. The Labute approximate surface area is 96.5 Å². The Morgan fingerprint density at radius 2 is 1.44 bits per heavy atom. The Morgan fingerprint density at radius 3 is 2.06 bits per heavy atom. The van der Waals surface area contributed by atoms with Gasteiger partial charge in [-0.05, 0) is 19.2 Å². The fourth-order valence-corrected chi connectivity index (χ4v) is 4.03. The summed E-state index contributed by atoms with van der Waals surface area (Å²) in [7, 11) is -2.43. The SMILES string of the molecule is Cc1ccccc1[P@@](C)(=O)c1ccccc1. The van der Waals surface area contributed by atoms with Crippen molar-refractivity contribution in [2.45, 2.75) is 6.92 Å². The average Bonchev–Trinajstić information content (AvgIpc) is 2.30. The van der Waals surface area contributed by atoms with E-state index in [2.05, 4.69) is 0 Å². The Morgan fingerprint density at radius 1 is 0.875 bits per heavy atom. The van der Waals surface area contributed by atoms with Gasteiger partial charge in [-0.2, -0.15) is 0 Å². The molecule has 2 aromatic rings. The molecule has 0 spiro atoms. The molecule has 2 rings (SSSR count). The lowest BCUT2D eigenvalue weighted by Crippen LogP contribution is -2.17. The highest BCUT2D eigenvalue weighted by molar-refractivity contribution is 7.78. The van der Waals surface area contributed by atoms with E-state index in [9.17, 15) is 4.57 Å². The second-order valence-electron chi connectivity index (χ2n) is 4.05. The van der Waals surface area contributed by atoms with Crippen LogP contribution < -0.4 is 10.6 Å². The van der Waals surface area contributed by atoms with E-state index in [1.807, 2.05) is 68.2 Å². The van der Waals surface area contributed by atoms with Gasteiger partial charge in [0.05, 0.1) is 0 Å². The van der Waals surface area contributed by atoms with Crippen molar-refractivity contribution < 1.29 is 4.57 Å². The van der Waals surface area contributed by atoms with E-state index in [0.717, 1.165) is 16.2 Å². The molecule has 16 heavy (non-hydrogen) atoms. The maximum absolute atomic E-state index is 12.8. The van der Waals surface area contributed by atoms with Crippen LogP contribution in [0.1, 0.15) is 5.56 Å². The molecule has 0 radical (unpaired) electrons. The first-order valence-corrected chi connectivity index (χ1v) is 7.47. The first-order valence-electron chi connectivity index (χ1n) is 5.32. The van der Waals surface area contributed by atoms with Crippen LogP contribution in [0.2, 0.25) is 0 Å². The van der Waals surface area contributed by atoms with Crippen LogP contribution in [0.4, 0.5) is 0 Å². The number of hydrogen-bond acceptors (Lipinski definition) is 1. The molecule has 0 aliphatic heterocycles. The summed E-state index contributed by atoms with van der Waals surface area (Å²) in [4.78, 5) is 0. The number of aryl methyl sites for hydroxylation is 1. The summed E-state index contributed by atoms with van der Waals surface area (Å²) in [5.41, 5.74) is 1.09. The molecule has 1 atom stereocenters. The van der Waals surface area contributed by atoms with Crippen LogP contribution in [-0.2, 0) is 4.57 Å². The van der Waals surface area contributed by atoms with Crippen molar-refractivity contribution in [2.75, 3.05) is 6.66 Å². The van der Waals surface area contributed by atoms with Gasteiger partial charge in [-0.3, -0.25) is 0 Å². The van der Waals surface area contributed by atoms with Crippen LogP contribution in [0, 0.1) is 6.92 Å². The summed E-state index contributed by atoms with van der Waals surface area (Å²) >= 11 is 0. The van der Waals surface area contributed by atoms with Gasteiger partial charge in [0.1, 0.15) is 7.14 Å². The molecule has 0 saturated carbocycles. The number of hydrogen-bond donors (Lipinski definition) is 0. The molecular weight excluding hydrogens is 215 g/mol. The summed E-state index contributed by atoms with van der Waals surface area (Å²) in [6.45, 7) is 3.85. The summed E-state index contributed by atoms with van der Waals surface area (Å²) in [5.74, 6) is 0. The Kier molecular flexibility index (Phi) is 2.98.